The van der Waals surface area contributed by atoms with Gasteiger partial charge in [0.1, 0.15) is 0 Å². The average Bonchev–Trinajstić information content (AvgIpc) is 3.09. The standard InChI is InChI=1S/C19H26N4O/c1-2-20-13-16-8-10-22(11-9-16)19(24)12-17-14-21-23(15-17)18-6-4-3-5-7-18/h3-7,14-16,20H,2,8-13H2,1H3. The fraction of sp³-hybridized carbons (Fsp3) is 0.474. The molecule has 128 valence electrons. The number of hydrogen-bond acceptors (Lipinski definition) is 3. The van der Waals surface area contributed by atoms with E-state index in [1.807, 2.05) is 46.1 Å². The Hall–Kier alpha value is -2.14. The number of carbonyl (C=O) groups excluding carboxylic acids is 1. The minimum Gasteiger partial charge on any atom is -0.342 e. The number of para-hydroxylation sites is 1. The zero-order valence-electron chi connectivity index (χ0n) is 14.3. The van der Waals surface area contributed by atoms with E-state index < -0.39 is 0 Å². The lowest BCUT2D eigenvalue weighted by Crippen LogP contribution is -2.41. The van der Waals surface area contributed by atoms with Crippen LogP contribution in [0.5, 0.6) is 0 Å². The van der Waals surface area contributed by atoms with Gasteiger partial charge in [-0.3, -0.25) is 4.79 Å². The van der Waals surface area contributed by atoms with Gasteiger partial charge in [0.15, 0.2) is 0 Å². The maximum Gasteiger partial charge on any atom is 0.227 e. The largest absolute Gasteiger partial charge is 0.342 e. The SMILES string of the molecule is CCNCC1CCN(C(=O)Cc2cnn(-c3ccccc3)c2)CC1. The molecule has 5 heteroatoms. The highest BCUT2D eigenvalue weighted by Gasteiger charge is 2.22. The molecule has 1 amide bonds. The minimum absolute atomic E-state index is 0.213. The fourth-order valence-corrected chi connectivity index (χ4v) is 3.19. The van der Waals surface area contributed by atoms with E-state index in [-0.39, 0.29) is 5.91 Å². The summed E-state index contributed by atoms with van der Waals surface area (Å²) in [5, 5.41) is 7.77. The van der Waals surface area contributed by atoms with Gasteiger partial charge in [0.2, 0.25) is 5.91 Å². The summed E-state index contributed by atoms with van der Waals surface area (Å²) in [5.74, 6) is 0.916. The lowest BCUT2D eigenvalue weighted by Gasteiger charge is -2.32. The first-order chi connectivity index (χ1) is 11.8. The van der Waals surface area contributed by atoms with Crippen LogP contribution in [0.3, 0.4) is 0 Å². The van der Waals surface area contributed by atoms with Crippen LogP contribution in [0.15, 0.2) is 42.7 Å². The van der Waals surface area contributed by atoms with Crippen LogP contribution < -0.4 is 5.32 Å². The van der Waals surface area contributed by atoms with E-state index >= 15 is 0 Å². The Morgan fingerprint density at radius 1 is 1.25 bits per heavy atom. The van der Waals surface area contributed by atoms with E-state index in [4.69, 9.17) is 0 Å². The van der Waals surface area contributed by atoms with Gasteiger partial charge in [0.05, 0.1) is 18.3 Å². The van der Waals surface area contributed by atoms with Gasteiger partial charge in [-0.25, -0.2) is 4.68 Å². The molecule has 0 radical (unpaired) electrons. The number of aromatic nitrogens is 2. The smallest absolute Gasteiger partial charge is 0.227 e. The summed E-state index contributed by atoms with van der Waals surface area (Å²) in [5.41, 5.74) is 1.99. The number of likely N-dealkylation sites (tertiary alicyclic amines) is 1. The van der Waals surface area contributed by atoms with Crippen LogP contribution in [-0.4, -0.2) is 46.8 Å². The van der Waals surface area contributed by atoms with Crippen molar-refractivity contribution in [2.75, 3.05) is 26.2 Å². The van der Waals surface area contributed by atoms with Crippen molar-refractivity contribution in [3.05, 3.63) is 48.3 Å². The number of benzene rings is 1. The average molecular weight is 326 g/mol. The van der Waals surface area contributed by atoms with Crippen molar-refractivity contribution < 1.29 is 4.79 Å². The molecule has 3 rings (SSSR count). The van der Waals surface area contributed by atoms with E-state index in [2.05, 4.69) is 17.3 Å². The molecule has 0 aliphatic carbocycles. The van der Waals surface area contributed by atoms with Crippen LogP contribution in [0.1, 0.15) is 25.3 Å². The molecule has 0 saturated carbocycles. The van der Waals surface area contributed by atoms with Gasteiger partial charge in [-0.05, 0) is 49.5 Å². The number of nitrogens with one attached hydrogen (secondary N) is 1. The first-order valence-electron chi connectivity index (χ1n) is 8.83. The molecule has 1 saturated heterocycles. The monoisotopic (exact) mass is 326 g/mol. The van der Waals surface area contributed by atoms with E-state index in [0.717, 1.165) is 50.3 Å². The second-order valence-corrected chi connectivity index (χ2v) is 6.44. The Morgan fingerprint density at radius 3 is 2.71 bits per heavy atom. The van der Waals surface area contributed by atoms with Crippen LogP contribution >= 0.6 is 0 Å². The van der Waals surface area contributed by atoms with Crippen molar-refractivity contribution in [1.82, 2.24) is 20.0 Å². The van der Waals surface area contributed by atoms with Crippen molar-refractivity contribution in [2.24, 2.45) is 5.92 Å². The highest BCUT2D eigenvalue weighted by Crippen LogP contribution is 2.17. The molecule has 1 fully saturated rings. The normalized spacial score (nSPS) is 15.6. The lowest BCUT2D eigenvalue weighted by atomic mass is 9.96. The molecule has 2 aromatic rings. The van der Waals surface area contributed by atoms with Gasteiger partial charge in [0.25, 0.3) is 0 Å². The molecule has 5 nitrogen and oxygen atoms in total. The second kappa shape index (κ2) is 8.11. The maximum absolute atomic E-state index is 12.5. The Labute approximate surface area is 143 Å². The zero-order valence-corrected chi connectivity index (χ0v) is 14.3. The molecular formula is C19H26N4O. The molecule has 24 heavy (non-hydrogen) atoms. The van der Waals surface area contributed by atoms with Crippen LogP contribution in [0.2, 0.25) is 0 Å². The number of nitrogens with zero attached hydrogens (tertiary/aromatic N) is 3. The first-order valence-corrected chi connectivity index (χ1v) is 8.83. The number of hydrogen-bond donors (Lipinski definition) is 1. The molecule has 1 N–H and O–H groups in total. The quantitative estimate of drug-likeness (QED) is 0.886. The Kier molecular flexibility index (Phi) is 5.64. The van der Waals surface area contributed by atoms with Crippen LogP contribution in [0.4, 0.5) is 0 Å². The summed E-state index contributed by atoms with van der Waals surface area (Å²) in [6, 6.07) is 9.97. The summed E-state index contributed by atoms with van der Waals surface area (Å²) in [6.45, 7) is 5.98. The summed E-state index contributed by atoms with van der Waals surface area (Å²) in [4.78, 5) is 14.5. The maximum atomic E-state index is 12.5. The first kappa shape index (κ1) is 16.7. The molecule has 1 aromatic heterocycles. The number of piperidine rings is 1. The summed E-state index contributed by atoms with van der Waals surface area (Å²) in [6.07, 6.45) is 6.38. The fourth-order valence-electron chi connectivity index (χ4n) is 3.19. The zero-order chi connectivity index (χ0) is 16.8. The van der Waals surface area contributed by atoms with Crippen molar-refractivity contribution in [3.8, 4) is 5.69 Å². The Morgan fingerprint density at radius 2 is 2.00 bits per heavy atom. The van der Waals surface area contributed by atoms with Gasteiger partial charge in [-0.2, -0.15) is 5.10 Å². The second-order valence-electron chi connectivity index (χ2n) is 6.44. The lowest BCUT2D eigenvalue weighted by molar-refractivity contribution is -0.131. The van der Waals surface area contributed by atoms with Crippen LogP contribution in [-0.2, 0) is 11.2 Å². The van der Waals surface area contributed by atoms with Crippen molar-refractivity contribution in [2.45, 2.75) is 26.2 Å². The predicted molar refractivity (Wildman–Crippen MR) is 95.1 cm³/mol. The highest BCUT2D eigenvalue weighted by atomic mass is 16.2. The molecule has 0 spiro atoms. The third-order valence-corrected chi connectivity index (χ3v) is 4.66. The summed E-state index contributed by atoms with van der Waals surface area (Å²) in [7, 11) is 0. The topological polar surface area (TPSA) is 50.2 Å². The van der Waals surface area contributed by atoms with Crippen LogP contribution in [0.25, 0.3) is 5.69 Å². The van der Waals surface area contributed by atoms with Gasteiger partial charge in [0, 0.05) is 19.3 Å². The number of carbonyl (C=O) groups is 1. The van der Waals surface area contributed by atoms with Crippen molar-refractivity contribution in [1.29, 1.82) is 0 Å². The molecule has 2 heterocycles. The molecule has 0 bridgehead atoms. The molecule has 0 unspecified atom stereocenters. The van der Waals surface area contributed by atoms with E-state index in [9.17, 15) is 4.79 Å². The molecule has 1 aromatic carbocycles. The van der Waals surface area contributed by atoms with Gasteiger partial charge >= 0.3 is 0 Å². The van der Waals surface area contributed by atoms with Crippen molar-refractivity contribution in [3.63, 3.8) is 0 Å². The van der Waals surface area contributed by atoms with Gasteiger partial charge in [-0.1, -0.05) is 25.1 Å². The molecule has 0 atom stereocenters. The minimum atomic E-state index is 0.213. The summed E-state index contributed by atoms with van der Waals surface area (Å²) < 4.78 is 1.82. The van der Waals surface area contributed by atoms with E-state index in [1.165, 1.54) is 0 Å². The summed E-state index contributed by atoms with van der Waals surface area (Å²) >= 11 is 0. The van der Waals surface area contributed by atoms with E-state index in [1.54, 1.807) is 6.20 Å². The highest BCUT2D eigenvalue weighted by molar-refractivity contribution is 5.78. The molecule has 1 aliphatic rings. The third kappa shape index (κ3) is 4.23. The Bertz CT molecular complexity index is 644. The van der Waals surface area contributed by atoms with Gasteiger partial charge in [-0.15, -0.1) is 0 Å². The number of amides is 1. The van der Waals surface area contributed by atoms with Crippen LogP contribution in [0, 0.1) is 5.92 Å². The molecular weight excluding hydrogens is 300 g/mol. The van der Waals surface area contributed by atoms with Gasteiger partial charge < -0.3 is 10.2 Å². The number of rotatable bonds is 6. The Balaban J connectivity index is 1.52. The molecule has 1 aliphatic heterocycles. The predicted octanol–water partition coefficient (Wildman–Crippen LogP) is 2.26. The third-order valence-electron chi connectivity index (χ3n) is 4.66. The van der Waals surface area contributed by atoms with E-state index in [0.29, 0.717) is 12.3 Å². The van der Waals surface area contributed by atoms with Crippen molar-refractivity contribution >= 4 is 5.91 Å².